The first-order valence-electron chi connectivity index (χ1n) is 5.50. The molecule has 6 heteroatoms. The standard InChI is InChI=1S/C11H16N4S.ClH/c1-2-11-14-10(8-16-11)3-5-12-7-9-4-6-13-15-9;/h4,6,8,12H,2-3,5,7H2,1H3,(H,13,15);1H. The number of H-pyrrole nitrogens is 1. The van der Waals surface area contributed by atoms with Gasteiger partial charge in [-0.1, -0.05) is 6.92 Å². The Bertz CT molecular complexity index is 413. The van der Waals surface area contributed by atoms with Crippen molar-refractivity contribution in [2.45, 2.75) is 26.3 Å². The largest absolute Gasteiger partial charge is 0.311 e. The second-order valence-electron chi connectivity index (χ2n) is 3.59. The van der Waals surface area contributed by atoms with Gasteiger partial charge in [0, 0.05) is 36.8 Å². The van der Waals surface area contributed by atoms with Gasteiger partial charge >= 0.3 is 0 Å². The second-order valence-corrected chi connectivity index (χ2v) is 4.54. The number of rotatable bonds is 6. The topological polar surface area (TPSA) is 53.6 Å². The quantitative estimate of drug-likeness (QED) is 0.793. The minimum absolute atomic E-state index is 0. The predicted molar refractivity (Wildman–Crippen MR) is 72.7 cm³/mol. The molecule has 17 heavy (non-hydrogen) atoms. The summed E-state index contributed by atoms with van der Waals surface area (Å²) in [4.78, 5) is 4.52. The van der Waals surface area contributed by atoms with Gasteiger partial charge < -0.3 is 5.32 Å². The van der Waals surface area contributed by atoms with Crippen molar-refractivity contribution >= 4 is 23.7 Å². The lowest BCUT2D eigenvalue weighted by atomic mass is 10.3. The molecule has 0 unspecified atom stereocenters. The van der Waals surface area contributed by atoms with E-state index in [0.717, 1.165) is 31.6 Å². The van der Waals surface area contributed by atoms with Gasteiger partial charge in [0.15, 0.2) is 0 Å². The van der Waals surface area contributed by atoms with E-state index in [9.17, 15) is 0 Å². The maximum atomic E-state index is 4.52. The third-order valence-corrected chi connectivity index (χ3v) is 3.38. The SMILES string of the molecule is CCc1nc(CCNCc2ccn[nH]2)cs1.Cl. The smallest absolute Gasteiger partial charge is 0.0925 e. The molecule has 2 rings (SSSR count). The third kappa shape index (κ3) is 4.46. The van der Waals surface area contributed by atoms with Crippen LogP contribution in [0.2, 0.25) is 0 Å². The van der Waals surface area contributed by atoms with Crippen LogP contribution in [0.15, 0.2) is 17.6 Å². The predicted octanol–water partition coefficient (Wildman–Crippen LogP) is 2.18. The van der Waals surface area contributed by atoms with E-state index in [1.165, 1.54) is 10.7 Å². The summed E-state index contributed by atoms with van der Waals surface area (Å²) in [6.07, 6.45) is 3.79. The summed E-state index contributed by atoms with van der Waals surface area (Å²) in [5, 5.41) is 13.6. The van der Waals surface area contributed by atoms with Crippen molar-refractivity contribution in [2.75, 3.05) is 6.54 Å². The molecule has 0 aliphatic heterocycles. The molecule has 2 aromatic rings. The van der Waals surface area contributed by atoms with E-state index in [1.807, 2.05) is 6.07 Å². The minimum Gasteiger partial charge on any atom is -0.311 e. The van der Waals surface area contributed by atoms with Gasteiger partial charge in [-0.05, 0) is 12.5 Å². The van der Waals surface area contributed by atoms with Crippen LogP contribution in [-0.2, 0) is 19.4 Å². The van der Waals surface area contributed by atoms with Gasteiger partial charge in [0.2, 0.25) is 0 Å². The van der Waals surface area contributed by atoms with E-state index < -0.39 is 0 Å². The Morgan fingerprint density at radius 1 is 1.47 bits per heavy atom. The average molecular weight is 273 g/mol. The molecule has 2 heterocycles. The number of thiazole rings is 1. The molecule has 4 nitrogen and oxygen atoms in total. The lowest BCUT2D eigenvalue weighted by molar-refractivity contribution is 0.667. The van der Waals surface area contributed by atoms with Crippen LogP contribution < -0.4 is 5.32 Å². The van der Waals surface area contributed by atoms with Crippen LogP contribution in [0, 0.1) is 0 Å². The van der Waals surface area contributed by atoms with Crippen molar-refractivity contribution in [1.82, 2.24) is 20.5 Å². The molecular weight excluding hydrogens is 256 g/mol. The molecule has 0 amide bonds. The normalized spacial score (nSPS) is 10.2. The summed E-state index contributed by atoms with van der Waals surface area (Å²) in [7, 11) is 0. The van der Waals surface area contributed by atoms with Crippen molar-refractivity contribution in [3.05, 3.63) is 34.0 Å². The van der Waals surface area contributed by atoms with Crippen molar-refractivity contribution in [3.8, 4) is 0 Å². The molecule has 2 aromatic heterocycles. The molecule has 0 saturated heterocycles. The molecule has 0 aromatic carbocycles. The number of hydrogen-bond donors (Lipinski definition) is 2. The van der Waals surface area contributed by atoms with Gasteiger partial charge in [-0.15, -0.1) is 23.7 Å². The number of halogens is 1. The molecule has 0 saturated carbocycles. The molecule has 0 bridgehead atoms. The second kappa shape index (κ2) is 7.42. The third-order valence-electron chi connectivity index (χ3n) is 2.33. The van der Waals surface area contributed by atoms with Gasteiger partial charge in [-0.25, -0.2) is 4.98 Å². The van der Waals surface area contributed by atoms with Gasteiger partial charge in [-0.2, -0.15) is 5.10 Å². The molecular formula is C11H17ClN4S. The Kier molecular flexibility index (Phi) is 6.18. The highest BCUT2D eigenvalue weighted by Gasteiger charge is 1.99. The van der Waals surface area contributed by atoms with E-state index in [4.69, 9.17) is 0 Å². The molecule has 0 atom stereocenters. The Hall–Kier alpha value is -0.910. The van der Waals surface area contributed by atoms with Gasteiger partial charge in [0.25, 0.3) is 0 Å². The molecule has 94 valence electrons. The van der Waals surface area contributed by atoms with Crippen LogP contribution >= 0.6 is 23.7 Å². The Balaban J connectivity index is 0.00000144. The molecule has 2 N–H and O–H groups in total. The summed E-state index contributed by atoms with van der Waals surface area (Å²) in [5.74, 6) is 0. The first-order valence-corrected chi connectivity index (χ1v) is 6.38. The summed E-state index contributed by atoms with van der Waals surface area (Å²) in [5.41, 5.74) is 2.31. The monoisotopic (exact) mass is 272 g/mol. The lowest BCUT2D eigenvalue weighted by Gasteiger charge is -2.00. The van der Waals surface area contributed by atoms with Crippen LogP contribution in [0.3, 0.4) is 0 Å². The highest BCUT2D eigenvalue weighted by atomic mass is 35.5. The highest BCUT2D eigenvalue weighted by Crippen LogP contribution is 2.10. The number of aromatic nitrogens is 3. The fourth-order valence-electron chi connectivity index (χ4n) is 1.45. The Morgan fingerprint density at radius 2 is 2.35 bits per heavy atom. The zero-order valence-corrected chi connectivity index (χ0v) is 11.4. The van der Waals surface area contributed by atoms with E-state index in [2.05, 4.69) is 32.8 Å². The Morgan fingerprint density at radius 3 is 3.00 bits per heavy atom. The first kappa shape index (κ1) is 14.2. The first-order chi connectivity index (χ1) is 7.88. The molecule has 0 aliphatic rings. The lowest BCUT2D eigenvalue weighted by Crippen LogP contribution is -2.17. The van der Waals surface area contributed by atoms with E-state index in [0.29, 0.717) is 0 Å². The van der Waals surface area contributed by atoms with Crippen molar-refractivity contribution in [3.63, 3.8) is 0 Å². The molecule has 0 fully saturated rings. The summed E-state index contributed by atoms with van der Waals surface area (Å²) in [6, 6.07) is 1.98. The minimum atomic E-state index is 0. The maximum absolute atomic E-state index is 4.52. The zero-order chi connectivity index (χ0) is 11.2. The van der Waals surface area contributed by atoms with Crippen LogP contribution in [0.4, 0.5) is 0 Å². The van der Waals surface area contributed by atoms with Crippen LogP contribution in [0.1, 0.15) is 23.3 Å². The number of hydrogen-bond acceptors (Lipinski definition) is 4. The Labute approximate surface area is 111 Å². The van der Waals surface area contributed by atoms with E-state index in [-0.39, 0.29) is 12.4 Å². The number of nitrogens with one attached hydrogen (secondary N) is 2. The summed E-state index contributed by atoms with van der Waals surface area (Å²) in [6.45, 7) is 3.93. The van der Waals surface area contributed by atoms with Gasteiger partial charge in [0.1, 0.15) is 0 Å². The van der Waals surface area contributed by atoms with Crippen molar-refractivity contribution < 1.29 is 0 Å². The van der Waals surface area contributed by atoms with Gasteiger partial charge in [0.05, 0.1) is 10.7 Å². The molecule has 0 aliphatic carbocycles. The fraction of sp³-hybridized carbons (Fsp3) is 0.455. The van der Waals surface area contributed by atoms with Crippen LogP contribution in [0.5, 0.6) is 0 Å². The van der Waals surface area contributed by atoms with E-state index in [1.54, 1.807) is 17.5 Å². The van der Waals surface area contributed by atoms with Crippen molar-refractivity contribution in [2.24, 2.45) is 0 Å². The van der Waals surface area contributed by atoms with Crippen molar-refractivity contribution in [1.29, 1.82) is 0 Å². The number of nitrogens with zero attached hydrogens (tertiary/aromatic N) is 2. The number of aryl methyl sites for hydroxylation is 1. The molecule has 0 spiro atoms. The maximum Gasteiger partial charge on any atom is 0.0925 e. The van der Waals surface area contributed by atoms with Crippen LogP contribution in [-0.4, -0.2) is 21.7 Å². The summed E-state index contributed by atoms with van der Waals surface area (Å²) < 4.78 is 0. The zero-order valence-electron chi connectivity index (χ0n) is 9.77. The fourth-order valence-corrected chi connectivity index (χ4v) is 2.23. The molecule has 0 radical (unpaired) electrons. The van der Waals surface area contributed by atoms with Crippen LogP contribution in [0.25, 0.3) is 0 Å². The van der Waals surface area contributed by atoms with Gasteiger partial charge in [-0.3, -0.25) is 5.10 Å². The summed E-state index contributed by atoms with van der Waals surface area (Å²) >= 11 is 1.75. The highest BCUT2D eigenvalue weighted by molar-refractivity contribution is 7.09. The average Bonchev–Trinajstić information content (AvgIpc) is 2.95. The van der Waals surface area contributed by atoms with E-state index >= 15 is 0 Å². The number of aromatic amines is 1.